The lowest BCUT2D eigenvalue weighted by molar-refractivity contribution is 0.192. The molecular formula is C23H21ClN4OS. The summed E-state index contributed by atoms with van der Waals surface area (Å²) >= 11 is 7.78. The Morgan fingerprint density at radius 3 is 2.47 bits per heavy atom. The normalized spacial score (nSPS) is 15.0. The minimum Gasteiger partial charge on any atom is -0.369 e. The summed E-state index contributed by atoms with van der Waals surface area (Å²) < 4.78 is 1.62. The van der Waals surface area contributed by atoms with E-state index in [0.29, 0.717) is 12.1 Å². The van der Waals surface area contributed by atoms with Crippen LogP contribution in [0.3, 0.4) is 0 Å². The van der Waals surface area contributed by atoms with Gasteiger partial charge in [0.1, 0.15) is 5.69 Å². The highest BCUT2D eigenvalue weighted by atomic mass is 35.5. The lowest BCUT2D eigenvalue weighted by atomic mass is 10.1. The second-order valence-corrected chi connectivity index (χ2v) is 8.79. The Balaban J connectivity index is 1.40. The van der Waals surface area contributed by atoms with Crippen LogP contribution in [0.5, 0.6) is 0 Å². The molecule has 4 aromatic rings. The summed E-state index contributed by atoms with van der Waals surface area (Å²) in [7, 11) is 0. The van der Waals surface area contributed by atoms with E-state index in [4.69, 9.17) is 16.7 Å². The third kappa shape index (κ3) is 3.74. The third-order valence-electron chi connectivity index (χ3n) is 5.50. The molecule has 0 unspecified atom stereocenters. The monoisotopic (exact) mass is 436 g/mol. The molecule has 1 saturated heterocycles. The zero-order valence-corrected chi connectivity index (χ0v) is 17.9. The van der Waals surface area contributed by atoms with Crippen LogP contribution in [-0.4, -0.2) is 40.9 Å². The molecule has 7 heteroatoms. The lowest BCUT2D eigenvalue weighted by Gasteiger charge is -2.36. The van der Waals surface area contributed by atoms with Crippen molar-refractivity contribution in [2.75, 3.05) is 31.1 Å². The van der Waals surface area contributed by atoms with Gasteiger partial charge in [-0.2, -0.15) is 5.10 Å². The quantitative estimate of drug-likeness (QED) is 0.470. The van der Waals surface area contributed by atoms with E-state index in [9.17, 15) is 4.79 Å². The Kier molecular flexibility index (Phi) is 5.29. The highest BCUT2D eigenvalue weighted by molar-refractivity contribution is 7.13. The second-order valence-electron chi connectivity index (χ2n) is 7.40. The molecule has 0 atom stereocenters. The zero-order chi connectivity index (χ0) is 20.5. The van der Waals surface area contributed by atoms with Gasteiger partial charge in [-0.25, -0.2) is 4.68 Å². The largest absolute Gasteiger partial charge is 0.369 e. The van der Waals surface area contributed by atoms with Crippen LogP contribution in [0.2, 0.25) is 5.02 Å². The molecule has 2 aromatic carbocycles. The summed E-state index contributed by atoms with van der Waals surface area (Å²) in [5.41, 5.74) is 1.98. The number of hydrogen-bond acceptors (Lipinski definition) is 5. The van der Waals surface area contributed by atoms with Gasteiger partial charge in [0.25, 0.3) is 5.56 Å². The summed E-state index contributed by atoms with van der Waals surface area (Å²) in [6.45, 7) is 4.00. The number of hydrogen-bond donors (Lipinski definition) is 0. The molecule has 1 fully saturated rings. The Morgan fingerprint density at radius 2 is 1.73 bits per heavy atom. The number of nitrogens with zero attached hydrogens (tertiary/aromatic N) is 4. The Bertz CT molecular complexity index is 1230. The van der Waals surface area contributed by atoms with Crippen molar-refractivity contribution in [1.82, 2.24) is 14.7 Å². The van der Waals surface area contributed by atoms with E-state index in [2.05, 4.69) is 21.9 Å². The Labute approximate surface area is 183 Å². The average Bonchev–Trinajstić information content (AvgIpc) is 3.31. The third-order valence-corrected chi connectivity index (χ3v) is 6.61. The van der Waals surface area contributed by atoms with Gasteiger partial charge in [0.2, 0.25) is 0 Å². The summed E-state index contributed by atoms with van der Waals surface area (Å²) in [6, 6.07) is 19.8. The van der Waals surface area contributed by atoms with Crippen molar-refractivity contribution >= 4 is 39.4 Å². The van der Waals surface area contributed by atoms with Gasteiger partial charge in [-0.1, -0.05) is 41.9 Å². The number of piperazine rings is 1. The fourth-order valence-corrected chi connectivity index (χ4v) is 4.84. The molecular weight excluding hydrogens is 416 g/mol. The summed E-state index contributed by atoms with van der Waals surface area (Å²) in [6.07, 6.45) is 0. The van der Waals surface area contributed by atoms with Crippen LogP contribution in [0.1, 0.15) is 0 Å². The molecule has 0 radical (unpaired) electrons. The Hall–Kier alpha value is -2.67. The maximum Gasteiger partial charge on any atom is 0.275 e. The highest BCUT2D eigenvalue weighted by Crippen LogP contribution is 2.28. The number of halogens is 1. The van der Waals surface area contributed by atoms with Gasteiger partial charge in [0.05, 0.1) is 16.9 Å². The number of fused-ring (bicyclic) bond motifs is 1. The number of aromatic nitrogens is 2. The standard InChI is InChI=1S/C23H21ClN4OS/c24-17-5-3-6-18(15-17)27-12-10-26(11-13-27)16-28-23(29)20-8-2-1-7-19(20)22(25-28)21-9-4-14-30-21/h1-9,14-15H,10-13,16H2. The van der Waals surface area contributed by atoms with E-state index in [1.165, 1.54) is 0 Å². The van der Waals surface area contributed by atoms with Crippen LogP contribution in [0.25, 0.3) is 21.3 Å². The van der Waals surface area contributed by atoms with E-state index in [-0.39, 0.29) is 5.56 Å². The van der Waals surface area contributed by atoms with E-state index in [0.717, 1.165) is 52.8 Å². The molecule has 0 saturated carbocycles. The SMILES string of the molecule is O=c1c2ccccc2c(-c2cccs2)nn1CN1CCN(c2cccc(Cl)c2)CC1. The first-order valence-electron chi connectivity index (χ1n) is 9.96. The number of rotatable bonds is 4. The van der Waals surface area contributed by atoms with Crippen molar-refractivity contribution in [3.05, 3.63) is 81.4 Å². The molecule has 152 valence electrons. The molecule has 5 rings (SSSR count). The maximum atomic E-state index is 13.1. The van der Waals surface area contributed by atoms with Crippen molar-refractivity contribution in [2.24, 2.45) is 0 Å². The number of anilines is 1. The van der Waals surface area contributed by atoms with Crippen LogP contribution >= 0.6 is 22.9 Å². The van der Waals surface area contributed by atoms with Gasteiger partial charge < -0.3 is 4.90 Å². The molecule has 0 aliphatic carbocycles. The first-order chi connectivity index (χ1) is 14.7. The van der Waals surface area contributed by atoms with Gasteiger partial charge in [-0.15, -0.1) is 11.3 Å². The molecule has 0 N–H and O–H groups in total. The van der Waals surface area contributed by atoms with E-state index < -0.39 is 0 Å². The number of benzene rings is 2. The van der Waals surface area contributed by atoms with Crippen LogP contribution in [0.4, 0.5) is 5.69 Å². The molecule has 2 aromatic heterocycles. The predicted octanol–water partition coefficient (Wildman–Crippen LogP) is 4.56. The lowest BCUT2D eigenvalue weighted by Crippen LogP contribution is -2.48. The van der Waals surface area contributed by atoms with Crippen LogP contribution in [0, 0.1) is 0 Å². The topological polar surface area (TPSA) is 41.4 Å². The van der Waals surface area contributed by atoms with Crippen molar-refractivity contribution in [1.29, 1.82) is 0 Å². The minimum absolute atomic E-state index is 0.0387. The van der Waals surface area contributed by atoms with Gasteiger partial charge >= 0.3 is 0 Å². The van der Waals surface area contributed by atoms with Crippen LogP contribution < -0.4 is 10.5 Å². The molecule has 0 amide bonds. The van der Waals surface area contributed by atoms with E-state index in [1.54, 1.807) is 16.0 Å². The summed E-state index contributed by atoms with van der Waals surface area (Å²) in [4.78, 5) is 18.8. The predicted molar refractivity (Wildman–Crippen MR) is 125 cm³/mol. The van der Waals surface area contributed by atoms with Gasteiger partial charge in [0, 0.05) is 42.3 Å². The fraction of sp³-hybridized carbons (Fsp3) is 0.217. The second kappa shape index (κ2) is 8.22. The Morgan fingerprint density at radius 1 is 0.933 bits per heavy atom. The van der Waals surface area contributed by atoms with Gasteiger partial charge in [-0.05, 0) is 35.7 Å². The summed E-state index contributed by atoms with van der Waals surface area (Å²) in [5.74, 6) is 0. The van der Waals surface area contributed by atoms with E-state index in [1.807, 2.05) is 53.9 Å². The smallest absolute Gasteiger partial charge is 0.275 e. The van der Waals surface area contributed by atoms with Crippen molar-refractivity contribution in [2.45, 2.75) is 6.67 Å². The van der Waals surface area contributed by atoms with Gasteiger partial charge in [0.15, 0.2) is 0 Å². The molecule has 1 aliphatic rings. The molecule has 5 nitrogen and oxygen atoms in total. The first kappa shape index (κ1) is 19.3. The average molecular weight is 437 g/mol. The molecule has 0 spiro atoms. The molecule has 0 bridgehead atoms. The van der Waals surface area contributed by atoms with E-state index >= 15 is 0 Å². The van der Waals surface area contributed by atoms with Gasteiger partial charge in [-0.3, -0.25) is 9.69 Å². The number of thiophene rings is 1. The van der Waals surface area contributed by atoms with Crippen molar-refractivity contribution in [3.63, 3.8) is 0 Å². The minimum atomic E-state index is -0.0387. The first-order valence-corrected chi connectivity index (χ1v) is 11.2. The zero-order valence-electron chi connectivity index (χ0n) is 16.4. The summed E-state index contributed by atoms with van der Waals surface area (Å²) in [5, 5.41) is 9.18. The van der Waals surface area contributed by atoms with Crippen LogP contribution in [0.15, 0.2) is 70.8 Å². The fourth-order valence-electron chi connectivity index (χ4n) is 3.94. The molecule has 30 heavy (non-hydrogen) atoms. The molecule has 1 aliphatic heterocycles. The van der Waals surface area contributed by atoms with Crippen molar-refractivity contribution < 1.29 is 0 Å². The maximum absolute atomic E-state index is 13.1. The van der Waals surface area contributed by atoms with Crippen molar-refractivity contribution in [3.8, 4) is 10.6 Å². The molecule has 3 heterocycles. The van der Waals surface area contributed by atoms with Crippen LogP contribution in [-0.2, 0) is 6.67 Å². The highest BCUT2D eigenvalue weighted by Gasteiger charge is 2.20.